The van der Waals surface area contributed by atoms with Crippen LogP contribution in [0.5, 0.6) is 0 Å². The third-order valence-electron chi connectivity index (χ3n) is 0.721. The van der Waals surface area contributed by atoms with E-state index in [1.54, 1.807) is 18.8 Å². The first-order valence-electron chi connectivity index (χ1n) is 2.13. The van der Waals surface area contributed by atoms with Crippen LogP contribution < -0.4 is 0 Å². The normalized spacial score (nSPS) is 27.6. The van der Waals surface area contributed by atoms with Gasteiger partial charge in [-0.25, -0.2) is 4.78 Å². The van der Waals surface area contributed by atoms with Gasteiger partial charge < -0.3 is 4.52 Å². The van der Waals surface area contributed by atoms with Crippen molar-refractivity contribution in [2.75, 3.05) is 7.05 Å². The zero-order chi connectivity index (χ0) is 6.15. The lowest BCUT2D eigenvalue weighted by Crippen LogP contribution is -1.92. The molecule has 46 valence electrons. The fraction of sp³-hybridized carbons (Fsp3) is 0.667. The largest absolute Gasteiger partial charge is 0.424 e. The smallest absolute Gasteiger partial charge is 0.314 e. The minimum atomic E-state index is -0.964. The molecule has 8 heavy (non-hydrogen) atoms. The van der Waals surface area contributed by atoms with Crippen LogP contribution in [0.3, 0.4) is 0 Å². The number of hydrogen-bond acceptors (Lipinski definition) is 3. The van der Waals surface area contributed by atoms with Gasteiger partial charge in [0.1, 0.15) is 0 Å². The SMILES string of the molecule is CC1=NN(C)P(Cl)O1. The monoisotopic (exact) mass is 152 g/mol. The molecular formula is C3H6ClN2OP. The molecule has 0 radical (unpaired) electrons. The minimum Gasteiger partial charge on any atom is -0.424 e. The number of hydrazone groups is 1. The zero-order valence-electron chi connectivity index (χ0n) is 4.63. The van der Waals surface area contributed by atoms with Crippen molar-refractivity contribution in [2.24, 2.45) is 5.10 Å². The van der Waals surface area contributed by atoms with Gasteiger partial charge in [0.15, 0.2) is 0 Å². The highest BCUT2D eigenvalue weighted by atomic mass is 35.7. The Kier molecular flexibility index (Phi) is 1.59. The van der Waals surface area contributed by atoms with Crippen LogP contribution in [0.4, 0.5) is 0 Å². The molecule has 1 unspecified atom stereocenters. The summed E-state index contributed by atoms with van der Waals surface area (Å²) in [4.78, 5) is 0. The highest BCUT2D eigenvalue weighted by Gasteiger charge is 2.20. The lowest BCUT2D eigenvalue weighted by molar-refractivity contribution is 0.583. The van der Waals surface area contributed by atoms with E-state index in [0.717, 1.165) is 0 Å². The molecule has 0 saturated carbocycles. The lowest BCUT2D eigenvalue weighted by Gasteiger charge is -2.05. The molecule has 0 saturated heterocycles. The van der Waals surface area contributed by atoms with E-state index in [9.17, 15) is 0 Å². The second kappa shape index (κ2) is 2.08. The van der Waals surface area contributed by atoms with Gasteiger partial charge in [-0.15, -0.1) is 5.10 Å². The first kappa shape index (κ1) is 6.12. The van der Waals surface area contributed by atoms with Gasteiger partial charge in [0.05, 0.1) is 0 Å². The summed E-state index contributed by atoms with van der Waals surface area (Å²) in [6.45, 7) is 1.78. The summed E-state index contributed by atoms with van der Waals surface area (Å²) >= 11 is 5.61. The van der Waals surface area contributed by atoms with Crippen LogP contribution >= 0.6 is 18.9 Å². The lowest BCUT2D eigenvalue weighted by atomic mass is 10.8. The third kappa shape index (κ3) is 1.04. The molecule has 1 rings (SSSR count). The van der Waals surface area contributed by atoms with Gasteiger partial charge in [-0.3, -0.25) is 0 Å². The van der Waals surface area contributed by atoms with Crippen molar-refractivity contribution < 1.29 is 4.52 Å². The molecule has 3 nitrogen and oxygen atoms in total. The summed E-state index contributed by atoms with van der Waals surface area (Å²) in [7, 11) is 0.823. The van der Waals surface area contributed by atoms with Crippen LogP contribution in [0, 0.1) is 0 Å². The van der Waals surface area contributed by atoms with Crippen LogP contribution in [0.1, 0.15) is 6.92 Å². The van der Waals surface area contributed by atoms with Crippen molar-refractivity contribution in [2.45, 2.75) is 6.92 Å². The molecule has 0 N–H and O–H groups in total. The summed E-state index contributed by atoms with van der Waals surface area (Å²) in [5.74, 6) is 0.647. The summed E-state index contributed by atoms with van der Waals surface area (Å²) < 4.78 is 6.60. The summed E-state index contributed by atoms with van der Waals surface area (Å²) in [5, 5.41) is 3.89. The van der Waals surface area contributed by atoms with Crippen molar-refractivity contribution in [1.29, 1.82) is 0 Å². The molecule has 0 aromatic carbocycles. The van der Waals surface area contributed by atoms with Gasteiger partial charge in [0.25, 0.3) is 0 Å². The van der Waals surface area contributed by atoms with Crippen LogP contribution in [-0.2, 0) is 4.52 Å². The first-order valence-corrected chi connectivity index (χ1v) is 4.24. The Morgan fingerprint density at radius 2 is 2.50 bits per heavy atom. The average molecular weight is 153 g/mol. The summed E-state index contributed by atoms with van der Waals surface area (Å²) in [6.07, 6.45) is 0. The van der Waals surface area contributed by atoms with Crippen molar-refractivity contribution in [1.82, 2.24) is 4.78 Å². The van der Waals surface area contributed by atoms with E-state index in [1.165, 1.54) is 0 Å². The van der Waals surface area contributed by atoms with Gasteiger partial charge in [-0.05, 0) is 11.2 Å². The highest BCUT2D eigenvalue weighted by molar-refractivity contribution is 7.78. The standard InChI is InChI=1S/C3H6ClN2OP/c1-3-5-6(2)8(4)7-3/h1-2H3. The van der Waals surface area contributed by atoms with Crippen molar-refractivity contribution in [3.8, 4) is 0 Å². The highest BCUT2D eigenvalue weighted by Crippen LogP contribution is 2.49. The summed E-state index contributed by atoms with van der Waals surface area (Å²) in [6, 6.07) is 0. The van der Waals surface area contributed by atoms with E-state index >= 15 is 0 Å². The van der Waals surface area contributed by atoms with Crippen molar-refractivity contribution in [3.05, 3.63) is 0 Å². The molecule has 1 heterocycles. The number of hydrogen-bond donors (Lipinski definition) is 0. The predicted molar refractivity (Wildman–Crippen MR) is 34.7 cm³/mol. The molecule has 0 spiro atoms. The molecule has 1 aliphatic heterocycles. The summed E-state index contributed by atoms with van der Waals surface area (Å²) in [5.41, 5.74) is 0. The Balaban J connectivity index is 2.56. The van der Waals surface area contributed by atoms with Gasteiger partial charge in [-0.1, -0.05) is 0 Å². The number of rotatable bonds is 0. The second-order valence-electron chi connectivity index (χ2n) is 1.43. The topological polar surface area (TPSA) is 24.8 Å². The molecular weight excluding hydrogens is 146 g/mol. The van der Waals surface area contributed by atoms with Crippen molar-refractivity contribution in [3.63, 3.8) is 0 Å². The van der Waals surface area contributed by atoms with Gasteiger partial charge in [-0.2, -0.15) is 0 Å². The maximum atomic E-state index is 5.61. The quantitative estimate of drug-likeness (QED) is 0.494. The zero-order valence-corrected chi connectivity index (χ0v) is 6.28. The molecule has 0 aliphatic carbocycles. The molecule has 5 heteroatoms. The van der Waals surface area contributed by atoms with E-state index < -0.39 is 7.65 Å². The number of halogens is 1. The Morgan fingerprint density at radius 1 is 1.88 bits per heavy atom. The van der Waals surface area contributed by atoms with E-state index in [1.807, 2.05) is 0 Å². The molecule has 0 amide bonds. The molecule has 1 aliphatic rings. The Labute approximate surface area is 53.9 Å². The molecule has 1 atom stereocenters. The Morgan fingerprint density at radius 3 is 2.62 bits per heavy atom. The Hall–Kier alpha value is -0.0100. The average Bonchev–Trinajstić information content (AvgIpc) is 1.85. The third-order valence-corrected chi connectivity index (χ3v) is 2.54. The molecule has 0 aromatic rings. The van der Waals surface area contributed by atoms with Crippen LogP contribution in [0.15, 0.2) is 5.10 Å². The van der Waals surface area contributed by atoms with E-state index in [0.29, 0.717) is 5.90 Å². The Bertz CT molecular complexity index is 128. The van der Waals surface area contributed by atoms with Gasteiger partial charge in [0.2, 0.25) is 5.90 Å². The maximum absolute atomic E-state index is 5.61. The van der Waals surface area contributed by atoms with Crippen molar-refractivity contribution >= 4 is 24.8 Å². The van der Waals surface area contributed by atoms with Gasteiger partial charge >= 0.3 is 7.65 Å². The van der Waals surface area contributed by atoms with Crippen LogP contribution in [0.2, 0.25) is 0 Å². The first-order chi connectivity index (χ1) is 3.70. The predicted octanol–water partition coefficient (Wildman–Crippen LogP) is 1.75. The molecule has 0 fully saturated rings. The minimum absolute atomic E-state index is 0.647. The number of nitrogens with zero attached hydrogens (tertiary/aromatic N) is 2. The molecule has 0 bridgehead atoms. The second-order valence-corrected chi connectivity index (χ2v) is 3.51. The van der Waals surface area contributed by atoms with Crippen LogP contribution in [0.25, 0.3) is 0 Å². The fourth-order valence-corrected chi connectivity index (χ4v) is 1.40. The van der Waals surface area contributed by atoms with E-state index in [4.69, 9.17) is 15.8 Å². The van der Waals surface area contributed by atoms with E-state index in [2.05, 4.69) is 5.10 Å². The van der Waals surface area contributed by atoms with Crippen LogP contribution in [-0.4, -0.2) is 17.7 Å². The molecule has 0 aromatic heterocycles. The maximum Gasteiger partial charge on any atom is 0.314 e. The fourth-order valence-electron chi connectivity index (χ4n) is 0.425. The van der Waals surface area contributed by atoms with Gasteiger partial charge in [0, 0.05) is 14.0 Å². The van der Waals surface area contributed by atoms with E-state index in [-0.39, 0.29) is 0 Å².